The Morgan fingerprint density at radius 3 is 2.41 bits per heavy atom. The number of ether oxygens (including phenoxy) is 3. The Bertz CT molecular complexity index is 803. The van der Waals surface area contributed by atoms with Gasteiger partial charge in [-0.3, -0.25) is 0 Å². The van der Waals surface area contributed by atoms with Gasteiger partial charge in [0.1, 0.15) is 5.60 Å². The maximum atomic E-state index is 12.4. The van der Waals surface area contributed by atoms with Crippen LogP contribution in [0.15, 0.2) is 18.2 Å². The molecule has 0 aliphatic carbocycles. The summed E-state index contributed by atoms with van der Waals surface area (Å²) in [6.45, 7) is 15.6. The van der Waals surface area contributed by atoms with E-state index in [0.29, 0.717) is 31.2 Å². The highest BCUT2D eigenvalue weighted by atomic mass is 16.7. The van der Waals surface area contributed by atoms with E-state index in [4.69, 9.17) is 23.5 Å². The van der Waals surface area contributed by atoms with Crippen molar-refractivity contribution in [2.75, 3.05) is 26.8 Å². The van der Waals surface area contributed by atoms with Gasteiger partial charge in [-0.25, -0.2) is 4.79 Å². The number of hydrogen-bond donors (Lipinski definition) is 0. The van der Waals surface area contributed by atoms with Gasteiger partial charge in [0, 0.05) is 19.0 Å². The van der Waals surface area contributed by atoms with E-state index in [1.807, 2.05) is 66.7 Å². The quantitative estimate of drug-likeness (QED) is 0.636. The molecular formula is C24H38BNO6. The fraction of sp³-hybridized carbons (Fsp3) is 0.708. The molecule has 0 spiro atoms. The van der Waals surface area contributed by atoms with Crippen molar-refractivity contribution >= 4 is 18.7 Å². The van der Waals surface area contributed by atoms with Gasteiger partial charge in [0.15, 0.2) is 11.5 Å². The summed E-state index contributed by atoms with van der Waals surface area (Å²) in [5, 5.41) is 0. The van der Waals surface area contributed by atoms with Crippen LogP contribution < -0.4 is 14.9 Å². The van der Waals surface area contributed by atoms with Crippen LogP contribution in [0.5, 0.6) is 11.5 Å². The molecule has 0 N–H and O–H groups in total. The highest BCUT2D eigenvalue weighted by molar-refractivity contribution is 6.62. The van der Waals surface area contributed by atoms with Crippen molar-refractivity contribution in [3.8, 4) is 11.5 Å². The lowest BCUT2D eigenvalue weighted by Crippen LogP contribution is -2.44. The van der Waals surface area contributed by atoms with E-state index in [-0.39, 0.29) is 12.0 Å². The fourth-order valence-corrected chi connectivity index (χ4v) is 3.83. The van der Waals surface area contributed by atoms with Crippen LogP contribution >= 0.6 is 0 Å². The zero-order chi connectivity index (χ0) is 23.7. The van der Waals surface area contributed by atoms with Crippen molar-refractivity contribution in [2.24, 2.45) is 5.92 Å². The Morgan fingerprint density at radius 2 is 1.81 bits per heavy atom. The molecule has 2 aliphatic heterocycles. The molecule has 8 heteroatoms. The van der Waals surface area contributed by atoms with Gasteiger partial charge < -0.3 is 28.4 Å². The van der Waals surface area contributed by atoms with Crippen LogP contribution in [0.25, 0.3) is 0 Å². The predicted molar refractivity (Wildman–Crippen MR) is 125 cm³/mol. The minimum atomic E-state index is -0.498. The van der Waals surface area contributed by atoms with Crippen molar-refractivity contribution in [2.45, 2.75) is 78.1 Å². The number of piperidine rings is 1. The highest BCUT2D eigenvalue weighted by Gasteiger charge is 2.51. The van der Waals surface area contributed by atoms with Gasteiger partial charge in [0.05, 0.1) is 24.9 Å². The van der Waals surface area contributed by atoms with Crippen LogP contribution in [-0.4, -0.2) is 61.7 Å². The number of methoxy groups -OCH3 is 1. The summed E-state index contributed by atoms with van der Waals surface area (Å²) < 4.78 is 29.6. The van der Waals surface area contributed by atoms with E-state index in [2.05, 4.69) is 0 Å². The average molecular weight is 447 g/mol. The first-order chi connectivity index (χ1) is 14.8. The number of benzene rings is 1. The Hall–Kier alpha value is -1.93. The first-order valence-electron chi connectivity index (χ1n) is 11.5. The number of carbonyl (C=O) groups excluding carboxylic acids is 1. The SMILES string of the molecule is COc1ccc(B2OC(C)(C)C(C)(C)O2)cc1OCC1CCCN(C(=O)OC(C)(C)C)C1. The molecule has 32 heavy (non-hydrogen) atoms. The van der Waals surface area contributed by atoms with Crippen molar-refractivity contribution in [1.29, 1.82) is 0 Å². The molecule has 1 unspecified atom stereocenters. The first-order valence-corrected chi connectivity index (χ1v) is 11.5. The highest BCUT2D eigenvalue weighted by Crippen LogP contribution is 2.37. The van der Waals surface area contributed by atoms with Crippen LogP contribution in [0.4, 0.5) is 4.79 Å². The van der Waals surface area contributed by atoms with Crippen LogP contribution in [0, 0.1) is 5.92 Å². The summed E-state index contributed by atoms with van der Waals surface area (Å²) in [7, 11) is 1.16. The fourth-order valence-electron chi connectivity index (χ4n) is 3.83. The zero-order valence-corrected chi connectivity index (χ0v) is 20.8. The molecule has 0 saturated carbocycles. The van der Waals surface area contributed by atoms with E-state index < -0.39 is 23.9 Å². The topological polar surface area (TPSA) is 66.5 Å². The van der Waals surface area contributed by atoms with Crippen LogP contribution in [0.3, 0.4) is 0 Å². The normalized spacial score (nSPS) is 22.6. The minimum absolute atomic E-state index is 0.224. The van der Waals surface area contributed by atoms with Gasteiger partial charge >= 0.3 is 13.2 Å². The first kappa shape index (κ1) is 24.7. The molecule has 0 radical (unpaired) electrons. The molecule has 2 aliphatic rings. The Kier molecular flexibility index (Phi) is 7.06. The minimum Gasteiger partial charge on any atom is -0.493 e. The maximum Gasteiger partial charge on any atom is 0.494 e. The number of amides is 1. The second kappa shape index (κ2) is 9.14. The molecule has 2 fully saturated rings. The van der Waals surface area contributed by atoms with Gasteiger partial charge in [0.2, 0.25) is 0 Å². The molecule has 1 atom stereocenters. The summed E-state index contributed by atoms with van der Waals surface area (Å²) in [6.07, 6.45) is 1.67. The molecule has 178 valence electrons. The molecule has 0 bridgehead atoms. The van der Waals surface area contributed by atoms with E-state index in [0.717, 1.165) is 18.3 Å². The van der Waals surface area contributed by atoms with Crippen molar-refractivity contribution in [3.63, 3.8) is 0 Å². The molecule has 2 saturated heterocycles. The Balaban J connectivity index is 1.66. The maximum absolute atomic E-state index is 12.4. The second-order valence-corrected chi connectivity index (χ2v) is 10.7. The van der Waals surface area contributed by atoms with Crippen molar-refractivity contribution in [1.82, 2.24) is 4.90 Å². The van der Waals surface area contributed by atoms with Gasteiger partial charge in [0.25, 0.3) is 0 Å². The molecule has 7 nitrogen and oxygen atoms in total. The molecule has 2 heterocycles. The molecule has 0 aromatic heterocycles. The summed E-state index contributed by atoms with van der Waals surface area (Å²) in [5.74, 6) is 1.53. The van der Waals surface area contributed by atoms with Gasteiger partial charge in [-0.2, -0.15) is 0 Å². The number of nitrogens with zero attached hydrogens (tertiary/aromatic N) is 1. The molecule has 1 aromatic rings. The van der Waals surface area contributed by atoms with Gasteiger partial charge in [-0.1, -0.05) is 6.07 Å². The molecule has 1 amide bonds. The smallest absolute Gasteiger partial charge is 0.493 e. The standard InChI is InChI=1S/C24H38BNO6/c1-22(2,3)30-21(27)26-13-9-10-17(15-26)16-29-20-14-18(11-12-19(20)28-8)25-31-23(4,5)24(6,7)32-25/h11-12,14,17H,9-10,13,15-16H2,1-8H3. The third kappa shape index (κ3) is 5.70. The number of carbonyl (C=O) groups is 1. The van der Waals surface area contributed by atoms with E-state index in [1.54, 1.807) is 12.0 Å². The number of hydrogen-bond acceptors (Lipinski definition) is 6. The molecular weight excluding hydrogens is 409 g/mol. The third-order valence-corrected chi connectivity index (χ3v) is 6.36. The lowest BCUT2D eigenvalue weighted by Gasteiger charge is -2.34. The Labute approximate surface area is 192 Å². The van der Waals surface area contributed by atoms with E-state index in [9.17, 15) is 4.79 Å². The molecule has 1 aromatic carbocycles. The van der Waals surface area contributed by atoms with Crippen LogP contribution in [0.2, 0.25) is 0 Å². The van der Waals surface area contributed by atoms with Gasteiger partial charge in [-0.15, -0.1) is 0 Å². The average Bonchev–Trinajstić information content (AvgIpc) is 2.92. The van der Waals surface area contributed by atoms with Crippen molar-refractivity contribution < 1.29 is 28.3 Å². The third-order valence-electron chi connectivity index (χ3n) is 6.36. The zero-order valence-electron chi connectivity index (χ0n) is 20.8. The summed E-state index contributed by atoms with van der Waals surface area (Å²) in [5.41, 5.74) is -0.432. The van der Waals surface area contributed by atoms with Gasteiger partial charge in [-0.05, 0) is 78.9 Å². The lowest BCUT2D eigenvalue weighted by atomic mass is 9.79. The monoisotopic (exact) mass is 447 g/mol. The van der Waals surface area contributed by atoms with Crippen LogP contribution in [0.1, 0.15) is 61.3 Å². The molecule has 3 rings (SSSR count). The number of likely N-dealkylation sites (tertiary alicyclic amines) is 1. The Morgan fingerprint density at radius 1 is 1.16 bits per heavy atom. The second-order valence-electron chi connectivity index (χ2n) is 10.7. The van der Waals surface area contributed by atoms with Crippen molar-refractivity contribution in [3.05, 3.63) is 18.2 Å². The van der Waals surface area contributed by atoms with Crippen LogP contribution in [-0.2, 0) is 14.0 Å². The van der Waals surface area contributed by atoms with E-state index in [1.165, 1.54) is 0 Å². The summed E-state index contributed by atoms with van der Waals surface area (Å²) in [4.78, 5) is 14.2. The predicted octanol–water partition coefficient (Wildman–Crippen LogP) is 4.02. The number of rotatable bonds is 5. The largest absolute Gasteiger partial charge is 0.494 e. The summed E-state index contributed by atoms with van der Waals surface area (Å²) in [6, 6.07) is 5.75. The van der Waals surface area contributed by atoms with E-state index >= 15 is 0 Å². The lowest BCUT2D eigenvalue weighted by molar-refractivity contribution is 0.00578. The summed E-state index contributed by atoms with van der Waals surface area (Å²) >= 11 is 0.